The van der Waals surface area contributed by atoms with Gasteiger partial charge in [0, 0.05) is 5.92 Å². The Hall–Kier alpha value is -1.25. The number of esters is 1. The highest BCUT2D eigenvalue weighted by Gasteiger charge is 2.26. The van der Waals surface area contributed by atoms with Crippen molar-refractivity contribution in [2.45, 2.75) is 19.4 Å². The largest absolute Gasteiger partial charge is 0.490 e. The van der Waals surface area contributed by atoms with Gasteiger partial charge in [-0.05, 0) is 6.42 Å². The van der Waals surface area contributed by atoms with E-state index in [4.69, 9.17) is 4.74 Å². The van der Waals surface area contributed by atoms with E-state index in [2.05, 4.69) is 11.3 Å². The van der Waals surface area contributed by atoms with Crippen LogP contribution in [0.5, 0.6) is 0 Å². The Balaban J connectivity index is 2.66. The molecule has 0 aliphatic carbocycles. The molecule has 1 heterocycles. The predicted octanol–water partition coefficient (Wildman–Crippen LogP) is 1.65. The zero-order valence-corrected chi connectivity index (χ0v) is 7.95. The molecule has 0 N–H and O–H groups in total. The second-order valence-corrected chi connectivity index (χ2v) is 3.10. The first-order valence-electron chi connectivity index (χ1n) is 4.26. The van der Waals surface area contributed by atoms with Gasteiger partial charge in [0.05, 0.1) is 13.2 Å². The number of rotatable bonds is 2. The van der Waals surface area contributed by atoms with E-state index in [0.717, 1.165) is 6.42 Å². The van der Waals surface area contributed by atoms with Crippen LogP contribution in [-0.4, -0.2) is 19.2 Å². The molecule has 0 aromatic carbocycles. The number of methoxy groups -OCH3 is 1. The maximum absolute atomic E-state index is 10.9. The van der Waals surface area contributed by atoms with E-state index >= 15 is 0 Å². The van der Waals surface area contributed by atoms with Crippen LogP contribution in [0.1, 0.15) is 13.3 Å². The minimum atomic E-state index is -0.369. The Bertz CT molecular complexity index is 243. The van der Waals surface area contributed by atoms with Crippen LogP contribution in [-0.2, 0) is 14.3 Å². The van der Waals surface area contributed by atoms with Crippen molar-refractivity contribution in [2.75, 3.05) is 7.11 Å². The predicted molar refractivity (Wildman–Crippen MR) is 49.0 cm³/mol. The van der Waals surface area contributed by atoms with Crippen molar-refractivity contribution in [3.05, 3.63) is 24.5 Å². The van der Waals surface area contributed by atoms with Crippen LogP contribution >= 0.6 is 0 Å². The highest BCUT2D eigenvalue weighted by Crippen LogP contribution is 2.29. The van der Waals surface area contributed by atoms with Crippen LogP contribution in [0.15, 0.2) is 24.5 Å². The minimum absolute atomic E-state index is 0.0332. The number of ether oxygens (including phenoxy) is 2. The molecule has 1 saturated heterocycles. The molecule has 0 aromatic heterocycles. The molecule has 3 heteroatoms. The smallest absolute Gasteiger partial charge is 0.333 e. The van der Waals surface area contributed by atoms with Crippen molar-refractivity contribution >= 4 is 5.97 Å². The molecule has 0 aromatic rings. The molecule has 0 saturated carbocycles. The van der Waals surface area contributed by atoms with Gasteiger partial charge in [-0.3, -0.25) is 0 Å². The molecule has 0 bridgehead atoms. The summed E-state index contributed by atoms with van der Waals surface area (Å²) in [4.78, 5) is 10.9. The monoisotopic (exact) mass is 182 g/mol. The standard InChI is InChI=1S/C10H14O3/c1-4-8-5-7(2)9(13-8)6-10(11)12-3/h4,6-8H,1,5H2,2-3H3/b9-6+/t7-,8+/m1/s1. The Morgan fingerprint density at radius 2 is 2.46 bits per heavy atom. The lowest BCUT2D eigenvalue weighted by molar-refractivity contribution is -0.135. The fraction of sp³-hybridized carbons (Fsp3) is 0.500. The van der Waals surface area contributed by atoms with Crippen molar-refractivity contribution in [3.63, 3.8) is 0 Å². The minimum Gasteiger partial charge on any atom is -0.490 e. The van der Waals surface area contributed by atoms with E-state index in [9.17, 15) is 4.79 Å². The highest BCUT2D eigenvalue weighted by atomic mass is 16.5. The van der Waals surface area contributed by atoms with Crippen LogP contribution in [0.25, 0.3) is 0 Å². The number of carbonyl (C=O) groups is 1. The number of hydrogen-bond donors (Lipinski definition) is 0. The van der Waals surface area contributed by atoms with Gasteiger partial charge < -0.3 is 9.47 Å². The first-order chi connectivity index (χ1) is 6.17. The topological polar surface area (TPSA) is 35.5 Å². The van der Waals surface area contributed by atoms with Crippen molar-refractivity contribution in [1.29, 1.82) is 0 Å². The summed E-state index contributed by atoms with van der Waals surface area (Å²) in [7, 11) is 1.35. The fourth-order valence-corrected chi connectivity index (χ4v) is 1.30. The first-order valence-corrected chi connectivity index (χ1v) is 4.26. The zero-order chi connectivity index (χ0) is 9.84. The number of allylic oxidation sites excluding steroid dienone is 1. The maximum Gasteiger partial charge on any atom is 0.333 e. The molecule has 0 unspecified atom stereocenters. The molecular weight excluding hydrogens is 168 g/mol. The van der Waals surface area contributed by atoms with Crippen LogP contribution < -0.4 is 0 Å². The van der Waals surface area contributed by atoms with Gasteiger partial charge in [-0.15, -0.1) is 0 Å². The Labute approximate surface area is 78.0 Å². The normalized spacial score (nSPS) is 29.8. The van der Waals surface area contributed by atoms with Gasteiger partial charge in [0.25, 0.3) is 0 Å². The Morgan fingerprint density at radius 3 is 2.92 bits per heavy atom. The molecule has 0 spiro atoms. The third kappa shape index (κ3) is 2.34. The molecule has 72 valence electrons. The van der Waals surface area contributed by atoms with Crippen LogP contribution in [0, 0.1) is 5.92 Å². The molecule has 1 rings (SSSR count). The van der Waals surface area contributed by atoms with Gasteiger partial charge in [0.1, 0.15) is 11.9 Å². The van der Waals surface area contributed by atoms with Crippen LogP contribution in [0.2, 0.25) is 0 Å². The first kappa shape index (κ1) is 9.84. The van der Waals surface area contributed by atoms with Gasteiger partial charge in [0.15, 0.2) is 0 Å². The second kappa shape index (κ2) is 4.12. The van der Waals surface area contributed by atoms with Crippen molar-refractivity contribution in [3.8, 4) is 0 Å². The third-order valence-electron chi connectivity index (χ3n) is 2.08. The zero-order valence-electron chi connectivity index (χ0n) is 7.95. The summed E-state index contributed by atoms with van der Waals surface area (Å²) in [6.07, 6.45) is 4.06. The van der Waals surface area contributed by atoms with Gasteiger partial charge in [-0.25, -0.2) is 4.79 Å². The van der Waals surface area contributed by atoms with Crippen molar-refractivity contribution in [2.24, 2.45) is 5.92 Å². The van der Waals surface area contributed by atoms with E-state index in [1.807, 2.05) is 6.92 Å². The summed E-state index contributed by atoms with van der Waals surface area (Å²) in [5, 5.41) is 0. The molecule has 3 nitrogen and oxygen atoms in total. The maximum atomic E-state index is 10.9. The summed E-state index contributed by atoms with van der Waals surface area (Å²) in [5.41, 5.74) is 0. The van der Waals surface area contributed by atoms with Crippen molar-refractivity contribution < 1.29 is 14.3 Å². The molecule has 1 aliphatic rings. The van der Waals surface area contributed by atoms with E-state index in [0.29, 0.717) is 5.76 Å². The number of carbonyl (C=O) groups excluding carboxylic acids is 1. The molecule has 0 radical (unpaired) electrons. The lowest BCUT2D eigenvalue weighted by Crippen LogP contribution is -2.00. The average molecular weight is 182 g/mol. The Kier molecular flexibility index (Phi) is 3.12. The van der Waals surface area contributed by atoms with E-state index in [-0.39, 0.29) is 18.0 Å². The third-order valence-corrected chi connectivity index (χ3v) is 2.08. The van der Waals surface area contributed by atoms with Gasteiger partial charge >= 0.3 is 5.97 Å². The second-order valence-electron chi connectivity index (χ2n) is 3.10. The molecule has 2 atom stereocenters. The fourth-order valence-electron chi connectivity index (χ4n) is 1.30. The van der Waals surface area contributed by atoms with Crippen LogP contribution in [0.3, 0.4) is 0 Å². The molecule has 13 heavy (non-hydrogen) atoms. The summed E-state index contributed by atoms with van der Waals surface area (Å²) in [5.74, 6) is 0.588. The molecule has 1 fully saturated rings. The summed E-state index contributed by atoms with van der Waals surface area (Å²) < 4.78 is 9.95. The number of hydrogen-bond acceptors (Lipinski definition) is 3. The van der Waals surface area contributed by atoms with Gasteiger partial charge in [-0.2, -0.15) is 0 Å². The average Bonchev–Trinajstić information content (AvgIpc) is 2.47. The lowest BCUT2D eigenvalue weighted by atomic mass is 10.1. The van der Waals surface area contributed by atoms with Gasteiger partial charge in [0.2, 0.25) is 0 Å². The van der Waals surface area contributed by atoms with Gasteiger partial charge in [-0.1, -0.05) is 19.6 Å². The summed E-state index contributed by atoms with van der Waals surface area (Å²) in [6.45, 7) is 5.65. The SMILES string of the molecule is C=C[C@H]1C[C@@H](C)/C(=C\C(=O)OC)O1. The quantitative estimate of drug-likeness (QED) is 0.370. The Morgan fingerprint density at radius 1 is 1.77 bits per heavy atom. The van der Waals surface area contributed by atoms with Crippen LogP contribution in [0.4, 0.5) is 0 Å². The lowest BCUT2D eigenvalue weighted by Gasteiger charge is -2.04. The summed E-state index contributed by atoms with van der Waals surface area (Å²) in [6, 6.07) is 0. The summed E-state index contributed by atoms with van der Waals surface area (Å²) >= 11 is 0. The highest BCUT2D eigenvalue weighted by molar-refractivity contribution is 5.82. The van der Waals surface area contributed by atoms with E-state index in [1.54, 1.807) is 6.08 Å². The van der Waals surface area contributed by atoms with E-state index < -0.39 is 0 Å². The molecular formula is C10H14O3. The van der Waals surface area contributed by atoms with Crippen molar-refractivity contribution in [1.82, 2.24) is 0 Å². The molecule has 0 amide bonds. The molecule has 1 aliphatic heterocycles. The van der Waals surface area contributed by atoms with E-state index in [1.165, 1.54) is 13.2 Å².